The highest BCUT2D eigenvalue weighted by molar-refractivity contribution is 7.99. The minimum absolute atomic E-state index is 0.249. The van der Waals surface area contributed by atoms with Crippen molar-refractivity contribution < 1.29 is 14.8 Å². The number of hydrogen-bond acceptors (Lipinski definition) is 4. The molecule has 1 atom stereocenters. The highest BCUT2D eigenvalue weighted by atomic mass is 32.2. The smallest absolute Gasteiger partial charge is 0.423 e. The van der Waals surface area contributed by atoms with Crippen molar-refractivity contribution in [3.05, 3.63) is 24.3 Å². The molecule has 1 unspecified atom stereocenters. The molecule has 5 heteroatoms. The molecule has 0 spiro atoms. The summed E-state index contributed by atoms with van der Waals surface area (Å²) in [7, 11) is -1.38. The summed E-state index contributed by atoms with van der Waals surface area (Å²) in [4.78, 5) is 1.11. The van der Waals surface area contributed by atoms with Gasteiger partial charge in [0.1, 0.15) is 5.44 Å². The Kier molecular flexibility index (Phi) is 4.29. The highest BCUT2D eigenvalue weighted by Crippen LogP contribution is 2.29. The largest absolute Gasteiger partial charge is 0.488 e. The fraction of sp³-hybridized carbons (Fsp3) is 0.455. The summed E-state index contributed by atoms with van der Waals surface area (Å²) >= 11 is 1.70. The Morgan fingerprint density at radius 1 is 1.19 bits per heavy atom. The van der Waals surface area contributed by atoms with Gasteiger partial charge in [0.25, 0.3) is 0 Å². The third-order valence-electron chi connectivity index (χ3n) is 2.58. The summed E-state index contributed by atoms with van der Waals surface area (Å²) in [6.45, 7) is 0.852. The van der Waals surface area contributed by atoms with Crippen molar-refractivity contribution in [2.75, 3.05) is 6.61 Å². The number of thioether (sulfide) groups is 1. The van der Waals surface area contributed by atoms with E-state index in [4.69, 9.17) is 14.8 Å². The number of rotatable bonds is 3. The Morgan fingerprint density at radius 2 is 1.94 bits per heavy atom. The van der Waals surface area contributed by atoms with Gasteiger partial charge in [-0.2, -0.15) is 0 Å². The monoisotopic (exact) mass is 238 g/mol. The van der Waals surface area contributed by atoms with Crippen molar-refractivity contribution in [2.24, 2.45) is 0 Å². The van der Waals surface area contributed by atoms with Crippen LogP contribution in [0.4, 0.5) is 0 Å². The van der Waals surface area contributed by atoms with Crippen LogP contribution in [0.25, 0.3) is 0 Å². The summed E-state index contributed by atoms with van der Waals surface area (Å²) in [5, 5.41) is 17.9. The number of benzene rings is 1. The molecular formula is C11H15BO3S. The number of ether oxygens (including phenoxy) is 1. The molecule has 0 amide bonds. The summed E-state index contributed by atoms with van der Waals surface area (Å²) in [5.74, 6) is 0. The Bertz CT molecular complexity index is 323. The molecule has 1 aliphatic heterocycles. The van der Waals surface area contributed by atoms with Crippen LogP contribution in [-0.4, -0.2) is 29.2 Å². The van der Waals surface area contributed by atoms with Crippen LogP contribution < -0.4 is 5.46 Å². The topological polar surface area (TPSA) is 49.7 Å². The van der Waals surface area contributed by atoms with Gasteiger partial charge in [-0.25, -0.2) is 0 Å². The first-order valence-corrected chi connectivity index (χ1v) is 6.38. The molecule has 0 aromatic heterocycles. The fourth-order valence-corrected chi connectivity index (χ4v) is 2.72. The molecule has 3 nitrogen and oxygen atoms in total. The first-order chi connectivity index (χ1) is 7.75. The first kappa shape index (κ1) is 12.0. The van der Waals surface area contributed by atoms with Gasteiger partial charge in [0, 0.05) is 11.5 Å². The Balaban J connectivity index is 1.93. The van der Waals surface area contributed by atoms with Crippen molar-refractivity contribution in [3.8, 4) is 0 Å². The van der Waals surface area contributed by atoms with E-state index in [1.807, 2.05) is 12.1 Å². The first-order valence-electron chi connectivity index (χ1n) is 5.50. The lowest BCUT2D eigenvalue weighted by atomic mass is 9.81. The van der Waals surface area contributed by atoms with Crippen LogP contribution >= 0.6 is 11.8 Å². The molecule has 0 aliphatic carbocycles. The van der Waals surface area contributed by atoms with Crippen molar-refractivity contribution in [3.63, 3.8) is 0 Å². The van der Waals surface area contributed by atoms with Crippen molar-refractivity contribution in [1.29, 1.82) is 0 Å². The van der Waals surface area contributed by atoms with E-state index < -0.39 is 7.12 Å². The molecule has 0 saturated carbocycles. The van der Waals surface area contributed by atoms with Gasteiger partial charge in [0.15, 0.2) is 0 Å². The van der Waals surface area contributed by atoms with E-state index >= 15 is 0 Å². The molecule has 2 N–H and O–H groups in total. The van der Waals surface area contributed by atoms with Gasteiger partial charge in [-0.1, -0.05) is 23.9 Å². The maximum Gasteiger partial charge on any atom is 0.488 e. The molecule has 0 bridgehead atoms. The van der Waals surface area contributed by atoms with Crippen LogP contribution in [-0.2, 0) is 4.74 Å². The average molecular weight is 238 g/mol. The normalized spacial score (nSPS) is 20.8. The van der Waals surface area contributed by atoms with E-state index in [0.717, 1.165) is 24.3 Å². The highest BCUT2D eigenvalue weighted by Gasteiger charge is 2.15. The van der Waals surface area contributed by atoms with E-state index in [0.29, 0.717) is 5.46 Å². The standard InChI is InChI=1S/C11H15BO3S/c13-12(14)9-4-6-10(7-5-9)16-11-3-1-2-8-15-11/h4-7,11,13-14H,1-3,8H2. The predicted octanol–water partition coefficient (Wildman–Crippen LogP) is 0.985. The summed E-state index contributed by atoms with van der Waals surface area (Å²) in [6, 6.07) is 7.26. The molecule has 1 saturated heterocycles. The minimum Gasteiger partial charge on any atom is -0.423 e. The summed E-state index contributed by atoms with van der Waals surface area (Å²) in [5.41, 5.74) is 0.771. The van der Waals surface area contributed by atoms with Crippen molar-refractivity contribution in [2.45, 2.75) is 29.6 Å². The van der Waals surface area contributed by atoms with Crippen LogP contribution in [0.15, 0.2) is 29.2 Å². The summed E-state index contributed by atoms with van der Waals surface area (Å²) < 4.78 is 5.62. The van der Waals surface area contributed by atoms with Gasteiger partial charge >= 0.3 is 7.12 Å². The zero-order valence-corrected chi connectivity index (χ0v) is 9.82. The molecule has 0 radical (unpaired) electrons. The van der Waals surface area contributed by atoms with Gasteiger partial charge in [-0.05, 0) is 36.9 Å². The molecule has 2 rings (SSSR count). The second-order valence-electron chi connectivity index (χ2n) is 3.86. The molecular weight excluding hydrogens is 223 g/mol. The number of hydrogen-bond donors (Lipinski definition) is 2. The molecule has 1 fully saturated rings. The van der Waals surface area contributed by atoms with Crippen LogP contribution in [0.3, 0.4) is 0 Å². The van der Waals surface area contributed by atoms with Crippen LogP contribution in [0.2, 0.25) is 0 Å². The van der Waals surface area contributed by atoms with E-state index in [2.05, 4.69) is 0 Å². The molecule has 16 heavy (non-hydrogen) atoms. The van der Waals surface area contributed by atoms with Gasteiger partial charge in [0.05, 0.1) is 0 Å². The summed E-state index contributed by atoms with van der Waals surface area (Å²) in [6.07, 6.45) is 3.48. The third-order valence-corrected chi connectivity index (χ3v) is 3.76. The van der Waals surface area contributed by atoms with Crippen LogP contribution in [0, 0.1) is 0 Å². The quantitative estimate of drug-likeness (QED) is 0.771. The molecule has 86 valence electrons. The molecule has 1 heterocycles. The fourth-order valence-electron chi connectivity index (χ4n) is 1.67. The van der Waals surface area contributed by atoms with E-state index in [9.17, 15) is 0 Å². The van der Waals surface area contributed by atoms with Crippen LogP contribution in [0.5, 0.6) is 0 Å². The Labute approximate surface area is 100.0 Å². The van der Waals surface area contributed by atoms with Gasteiger partial charge < -0.3 is 14.8 Å². The van der Waals surface area contributed by atoms with E-state index in [1.165, 1.54) is 6.42 Å². The maximum atomic E-state index is 8.96. The van der Waals surface area contributed by atoms with Gasteiger partial charge in [0.2, 0.25) is 0 Å². The predicted molar refractivity (Wildman–Crippen MR) is 65.7 cm³/mol. The molecule has 1 aromatic rings. The van der Waals surface area contributed by atoms with Crippen LogP contribution in [0.1, 0.15) is 19.3 Å². The second-order valence-corrected chi connectivity index (χ2v) is 5.09. The maximum absolute atomic E-state index is 8.96. The lowest BCUT2D eigenvalue weighted by Gasteiger charge is -2.21. The SMILES string of the molecule is OB(O)c1ccc(SC2CCCCO2)cc1. The van der Waals surface area contributed by atoms with Crippen molar-refractivity contribution in [1.82, 2.24) is 0 Å². The second kappa shape index (κ2) is 5.73. The van der Waals surface area contributed by atoms with Gasteiger partial charge in [-0.15, -0.1) is 0 Å². The zero-order chi connectivity index (χ0) is 11.4. The molecule has 1 aromatic carbocycles. The lowest BCUT2D eigenvalue weighted by Crippen LogP contribution is -2.29. The minimum atomic E-state index is -1.38. The lowest BCUT2D eigenvalue weighted by molar-refractivity contribution is 0.0728. The Hall–Kier alpha value is -0.485. The average Bonchev–Trinajstić information content (AvgIpc) is 2.31. The Morgan fingerprint density at radius 3 is 2.50 bits per heavy atom. The van der Waals surface area contributed by atoms with Gasteiger partial charge in [-0.3, -0.25) is 0 Å². The zero-order valence-electron chi connectivity index (χ0n) is 9.00. The molecule has 1 aliphatic rings. The van der Waals surface area contributed by atoms with E-state index in [-0.39, 0.29) is 5.44 Å². The van der Waals surface area contributed by atoms with E-state index in [1.54, 1.807) is 23.9 Å². The van der Waals surface area contributed by atoms with Crippen molar-refractivity contribution >= 4 is 24.3 Å². The third kappa shape index (κ3) is 3.25.